The van der Waals surface area contributed by atoms with Gasteiger partial charge in [0.05, 0.1) is 6.61 Å². The molecule has 1 aliphatic heterocycles. The molecule has 1 heterocycles. The van der Waals surface area contributed by atoms with Crippen LogP contribution in [0.25, 0.3) is 0 Å². The Hall–Kier alpha value is -2.53. The molecule has 24 heavy (non-hydrogen) atoms. The summed E-state index contributed by atoms with van der Waals surface area (Å²) >= 11 is 0. The maximum atomic E-state index is 12.5. The van der Waals surface area contributed by atoms with Crippen LogP contribution in [0, 0.1) is 13.7 Å². The summed E-state index contributed by atoms with van der Waals surface area (Å²) in [4.78, 5) is 14.0. The van der Waals surface area contributed by atoms with E-state index in [4.69, 9.17) is 14.2 Å². The van der Waals surface area contributed by atoms with Crippen LogP contribution in [0.2, 0.25) is 0 Å². The third-order valence-corrected chi connectivity index (χ3v) is 3.75. The van der Waals surface area contributed by atoms with Gasteiger partial charge in [-0.25, -0.2) is 0 Å². The molecule has 1 fully saturated rings. The van der Waals surface area contributed by atoms with Gasteiger partial charge >= 0.3 is 0 Å². The Labute approximate surface area is 141 Å². The lowest BCUT2D eigenvalue weighted by atomic mass is 10.2. The summed E-state index contributed by atoms with van der Waals surface area (Å²) < 4.78 is 16.6. The van der Waals surface area contributed by atoms with Crippen LogP contribution in [0.1, 0.15) is 12.5 Å². The van der Waals surface area contributed by atoms with Crippen molar-refractivity contribution < 1.29 is 19.0 Å². The smallest absolute Gasteiger partial charge is 0.229 e. The molecule has 2 aromatic rings. The highest BCUT2D eigenvalue weighted by Crippen LogP contribution is 2.26. The number of hydrogen-bond donors (Lipinski definition) is 0. The molecule has 1 aliphatic rings. The summed E-state index contributed by atoms with van der Waals surface area (Å²) in [6, 6.07) is 15.0. The first kappa shape index (κ1) is 16.3. The van der Waals surface area contributed by atoms with Crippen LogP contribution in [0.5, 0.6) is 11.5 Å². The van der Waals surface area contributed by atoms with Crippen molar-refractivity contribution >= 4 is 11.6 Å². The van der Waals surface area contributed by atoms with E-state index in [1.807, 2.05) is 62.4 Å². The second kappa shape index (κ2) is 7.36. The van der Waals surface area contributed by atoms with E-state index in [-0.39, 0.29) is 12.5 Å². The van der Waals surface area contributed by atoms with Gasteiger partial charge in [0.2, 0.25) is 5.91 Å². The second-order valence-corrected chi connectivity index (χ2v) is 5.44. The van der Waals surface area contributed by atoms with Crippen molar-refractivity contribution in [3.05, 3.63) is 60.8 Å². The summed E-state index contributed by atoms with van der Waals surface area (Å²) in [7, 11) is 0. The van der Waals surface area contributed by atoms with Gasteiger partial charge in [-0.2, -0.15) is 0 Å². The fourth-order valence-electron chi connectivity index (χ4n) is 2.45. The number of anilines is 1. The third-order valence-electron chi connectivity index (χ3n) is 3.75. The van der Waals surface area contributed by atoms with Gasteiger partial charge in [0, 0.05) is 5.69 Å². The van der Waals surface area contributed by atoms with Crippen LogP contribution >= 0.6 is 0 Å². The molecule has 0 bridgehead atoms. The summed E-state index contributed by atoms with van der Waals surface area (Å²) in [5.74, 6) is 1.38. The Morgan fingerprint density at radius 1 is 1.12 bits per heavy atom. The van der Waals surface area contributed by atoms with Crippen molar-refractivity contribution in [2.24, 2.45) is 0 Å². The van der Waals surface area contributed by atoms with Crippen LogP contribution in [0.15, 0.2) is 48.5 Å². The zero-order valence-corrected chi connectivity index (χ0v) is 13.8. The molecular weight excluding hydrogens is 306 g/mol. The molecule has 0 aliphatic carbocycles. The van der Waals surface area contributed by atoms with Gasteiger partial charge in [-0.15, -0.1) is 6.73 Å². The van der Waals surface area contributed by atoms with E-state index in [1.54, 1.807) is 0 Å². The molecule has 0 radical (unpaired) electrons. The van der Waals surface area contributed by atoms with Crippen LogP contribution in [-0.2, 0) is 9.53 Å². The van der Waals surface area contributed by atoms with Gasteiger partial charge in [-0.3, -0.25) is 4.79 Å². The van der Waals surface area contributed by atoms with Gasteiger partial charge < -0.3 is 19.1 Å². The lowest BCUT2D eigenvalue weighted by molar-refractivity contribution is -0.123. The minimum atomic E-state index is -0.642. The summed E-state index contributed by atoms with van der Waals surface area (Å²) in [5, 5.41) is 0. The average molecular weight is 326 g/mol. The number of carbonyl (C=O) groups excluding carboxylic acids is 1. The van der Waals surface area contributed by atoms with Gasteiger partial charge in [-0.1, -0.05) is 18.2 Å². The van der Waals surface area contributed by atoms with Crippen molar-refractivity contribution in [3.8, 4) is 11.5 Å². The molecule has 3 rings (SSSR count). The molecule has 1 atom stereocenters. The van der Waals surface area contributed by atoms with Gasteiger partial charge in [0.15, 0.2) is 0 Å². The topological polar surface area (TPSA) is 48.0 Å². The molecule has 0 saturated carbocycles. The van der Waals surface area contributed by atoms with Crippen molar-refractivity contribution in [1.82, 2.24) is 0 Å². The third kappa shape index (κ3) is 3.51. The maximum Gasteiger partial charge on any atom is 0.229 e. The van der Waals surface area contributed by atoms with E-state index in [2.05, 4.69) is 0 Å². The monoisotopic (exact) mass is 326 g/mol. The normalized spacial score (nSPS) is 17.2. The maximum absolute atomic E-state index is 12.5. The summed E-state index contributed by atoms with van der Waals surface area (Å²) in [6.07, 6.45) is -0.642. The van der Waals surface area contributed by atoms with Crippen molar-refractivity contribution in [2.75, 3.05) is 18.1 Å². The highest BCUT2D eigenvalue weighted by molar-refractivity contribution is 5.99. The molecule has 0 spiro atoms. The molecule has 0 N–H and O–H groups in total. The van der Waals surface area contributed by atoms with Crippen LogP contribution in [0.4, 0.5) is 5.69 Å². The predicted octanol–water partition coefficient (Wildman–Crippen LogP) is 3.32. The van der Waals surface area contributed by atoms with Crippen LogP contribution < -0.4 is 14.4 Å². The fourth-order valence-corrected chi connectivity index (χ4v) is 2.45. The molecule has 1 saturated heterocycles. The Morgan fingerprint density at radius 2 is 1.88 bits per heavy atom. The predicted molar refractivity (Wildman–Crippen MR) is 90.9 cm³/mol. The van der Waals surface area contributed by atoms with E-state index in [9.17, 15) is 4.79 Å². The summed E-state index contributed by atoms with van der Waals surface area (Å²) in [6.45, 7) is 6.11. The molecule has 0 aromatic heterocycles. The van der Waals surface area contributed by atoms with E-state index < -0.39 is 6.10 Å². The molecule has 2 aromatic carbocycles. The SMILES string of the molecule is CCOc1ccc(N2[CH-]OC(COc3ccccc3C)C2=O)cc1. The Kier molecular flexibility index (Phi) is 5.01. The Balaban J connectivity index is 1.61. The van der Waals surface area contributed by atoms with Crippen molar-refractivity contribution in [3.63, 3.8) is 0 Å². The molecule has 126 valence electrons. The van der Waals surface area contributed by atoms with E-state index in [0.29, 0.717) is 6.61 Å². The molecule has 5 nitrogen and oxygen atoms in total. The largest absolute Gasteiger partial charge is 0.519 e. The first-order valence-electron chi connectivity index (χ1n) is 7.92. The molecule has 5 heteroatoms. The number of aryl methyl sites for hydroxylation is 1. The second-order valence-electron chi connectivity index (χ2n) is 5.44. The number of nitrogens with zero attached hydrogens (tertiary/aromatic N) is 1. The van der Waals surface area contributed by atoms with E-state index >= 15 is 0 Å². The average Bonchev–Trinajstić information content (AvgIpc) is 2.96. The Bertz CT molecular complexity index is 699. The molecular formula is C19H20NO4-. The number of hydrogen-bond acceptors (Lipinski definition) is 4. The minimum Gasteiger partial charge on any atom is -0.519 e. The van der Waals surface area contributed by atoms with Crippen molar-refractivity contribution in [2.45, 2.75) is 20.0 Å². The van der Waals surface area contributed by atoms with E-state index in [1.165, 1.54) is 11.6 Å². The summed E-state index contributed by atoms with van der Waals surface area (Å²) in [5.41, 5.74) is 1.76. The fraction of sp³-hybridized carbons (Fsp3) is 0.263. The number of para-hydroxylation sites is 1. The van der Waals surface area contributed by atoms with Crippen molar-refractivity contribution in [1.29, 1.82) is 0 Å². The number of ether oxygens (including phenoxy) is 3. The lowest BCUT2D eigenvalue weighted by Gasteiger charge is -2.23. The zero-order chi connectivity index (χ0) is 16.9. The highest BCUT2D eigenvalue weighted by Gasteiger charge is 2.26. The number of carbonyl (C=O) groups is 1. The van der Waals surface area contributed by atoms with Gasteiger partial charge in [-0.05, 0) is 49.7 Å². The minimum absolute atomic E-state index is 0.146. The number of benzene rings is 2. The van der Waals surface area contributed by atoms with Crippen LogP contribution in [0.3, 0.4) is 0 Å². The first-order chi connectivity index (χ1) is 11.7. The first-order valence-corrected chi connectivity index (χ1v) is 7.92. The highest BCUT2D eigenvalue weighted by atomic mass is 16.6. The standard InChI is InChI=1S/C19H20NO4/c1-3-22-16-10-8-15(9-11-16)20-13-24-18(19(20)21)12-23-17-7-5-4-6-14(17)2/h4-11,13,18H,3,12H2,1-2H3/q-1. The van der Waals surface area contributed by atoms with Gasteiger partial charge in [0.25, 0.3) is 0 Å². The number of amides is 1. The van der Waals surface area contributed by atoms with E-state index in [0.717, 1.165) is 22.7 Å². The van der Waals surface area contributed by atoms with Gasteiger partial charge in [0.1, 0.15) is 24.2 Å². The Morgan fingerprint density at radius 3 is 2.58 bits per heavy atom. The molecule has 1 amide bonds. The lowest BCUT2D eigenvalue weighted by Crippen LogP contribution is -2.32. The molecule has 1 unspecified atom stereocenters. The zero-order valence-electron chi connectivity index (χ0n) is 13.8. The number of rotatable bonds is 6. The quantitative estimate of drug-likeness (QED) is 0.764. The van der Waals surface area contributed by atoms with Crippen LogP contribution in [-0.4, -0.2) is 25.2 Å².